The summed E-state index contributed by atoms with van der Waals surface area (Å²) < 4.78 is 13.6. The first-order chi connectivity index (χ1) is 12.0. The fraction of sp³-hybridized carbons (Fsp3) is 0.200. The van der Waals surface area contributed by atoms with Crippen LogP contribution >= 0.6 is 0 Å². The number of hydrogen-bond donors (Lipinski definition) is 2. The number of amides is 1. The number of aromatic amines is 1. The predicted octanol–water partition coefficient (Wildman–Crippen LogP) is 4.23. The van der Waals surface area contributed by atoms with E-state index in [4.69, 9.17) is 0 Å². The summed E-state index contributed by atoms with van der Waals surface area (Å²) in [5.74, 6) is 0.210. The first kappa shape index (κ1) is 16.9. The maximum Gasteiger partial charge on any atom is 0.244 e. The summed E-state index contributed by atoms with van der Waals surface area (Å²) >= 11 is 0. The number of imidazole rings is 1. The molecule has 0 spiro atoms. The number of H-pyrrole nitrogens is 1. The second-order valence-corrected chi connectivity index (χ2v) is 6.22. The number of halogens is 1. The van der Waals surface area contributed by atoms with Crippen LogP contribution in [0.25, 0.3) is 17.1 Å². The van der Waals surface area contributed by atoms with Crippen molar-refractivity contribution >= 4 is 23.0 Å². The van der Waals surface area contributed by atoms with Crippen molar-refractivity contribution in [3.8, 4) is 0 Å². The number of benzene rings is 2. The Balaban J connectivity index is 1.77. The van der Waals surface area contributed by atoms with Crippen LogP contribution in [0.1, 0.15) is 31.3 Å². The molecule has 1 aromatic heterocycles. The minimum absolute atomic E-state index is 0.145. The Morgan fingerprint density at radius 1 is 1.16 bits per heavy atom. The van der Waals surface area contributed by atoms with Crippen LogP contribution in [0.5, 0.6) is 0 Å². The minimum Gasteiger partial charge on any atom is -0.342 e. The van der Waals surface area contributed by atoms with Crippen LogP contribution in [0.2, 0.25) is 0 Å². The first-order valence-electron chi connectivity index (χ1n) is 8.22. The molecule has 1 amide bonds. The molecule has 1 unspecified atom stereocenters. The monoisotopic (exact) mass is 337 g/mol. The number of fused-ring (bicyclic) bond motifs is 1. The van der Waals surface area contributed by atoms with Crippen molar-refractivity contribution in [2.24, 2.45) is 5.92 Å². The van der Waals surface area contributed by atoms with Gasteiger partial charge in [-0.25, -0.2) is 9.37 Å². The lowest BCUT2D eigenvalue weighted by Gasteiger charge is -2.19. The number of carbonyl (C=O) groups excluding carboxylic acids is 1. The summed E-state index contributed by atoms with van der Waals surface area (Å²) in [5.41, 5.74) is 2.17. The average molecular weight is 337 g/mol. The van der Waals surface area contributed by atoms with E-state index in [1.165, 1.54) is 18.2 Å². The largest absolute Gasteiger partial charge is 0.342 e. The third-order valence-corrected chi connectivity index (χ3v) is 3.99. The van der Waals surface area contributed by atoms with E-state index in [1.807, 2.05) is 38.1 Å². The quantitative estimate of drug-likeness (QED) is 0.685. The molecule has 1 atom stereocenters. The van der Waals surface area contributed by atoms with Crippen molar-refractivity contribution in [3.05, 3.63) is 71.8 Å². The molecular weight excluding hydrogens is 317 g/mol. The summed E-state index contributed by atoms with van der Waals surface area (Å²) in [6, 6.07) is 13.8. The molecule has 5 heteroatoms. The molecule has 0 aliphatic carbocycles. The second-order valence-electron chi connectivity index (χ2n) is 6.22. The Morgan fingerprint density at radius 2 is 1.88 bits per heavy atom. The van der Waals surface area contributed by atoms with Gasteiger partial charge in [-0.1, -0.05) is 44.2 Å². The highest BCUT2D eigenvalue weighted by Crippen LogP contribution is 2.22. The van der Waals surface area contributed by atoms with Gasteiger partial charge in [0.2, 0.25) is 5.91 Å². The van der Waals surface area contributed by atoms with E-state index in [2.05, 4.69) is 15.3 Å². The fourth-order valence-electron chi connectivity index (χ4n) is 2.65. The Labute approximate surface area is 145 Å². The van der Waals surface area contributed by atoms with Gasteiger partial charge in [-0.15, -0.1) is 0 Å². The molecule has 0 saturated heterocycles. The lowest BCUT2D eigenvalue weighted by Crippen LogP contribution is -2.31. The minimum atomic E-state index is -0.357. The van der Waals surface area contributed by atoms with Crippen molar-refractivity contribution in [2.75, 3.05) is 0 Å². The molecule has 128 valence electrons. The van der Waals surface area contributed by atoms with Gasteiger partial charge in [0.05, 0.1) is 17.1 Å². The molecule has 3 aromatic rings. The predicted molar refractivity (Wildman–Crippen MR) is 97.2 cm³/mol. The van der Waals surface area contributed by atoms with E-state index in [1.54, 1.807) is 18.2 Å². The highest BCUT2D eigenvalue weighted by atomic mass is 19.1. The molecule has 3 rings (SSSR count). The molecule has 0 aliphatic heterocycles. The van der Waals surface area contributed by atoms with E-state index in [9.17, 15) is 9.18 Å². The lowest BCUT2D eigenvalue weighted by molar-refractivity contribution is -0.117. The third kappa shape index (κ3) is 3.94. The van der Waals surface area contributed by atoms with Crippen LogP contribution < -0.4 is 5.32 Å². The molecule has 0 bridgehead atoms. The Bertz CT molecular complexity index is 881. The number of rotatable bonds is 5. The standard InChI is InChI=1S/C20H20FN3O/c1-13(2)19(20-22-16-9-5-6-10-17(16)23-20)24-18(25)12-11-14-7-3-4-8-15(14)21/h3-13,19H,1-2H3,(H,22,23)(H,24,25)/b12-11+. The number of nitrogens with zero attached hydrogens (tertiary/aromatic N) is 1. The molecule has 2 N–H and O–H groups in total. The van der Waals surface area contributed by atoms with Gasteiger partial charge in [0.1, 0.15) is 11.6 Å². The summed E-state index contributed by atoms with van der Waals surface area (Å²) in [7, 11) is 0. The molecule has 2 aromatic carbocycles. The first-order valence-corrected chi connectivity index (χ1v) is 8.22. The molecule has 0 fully saturated rings. The molecular formula is C20H20FN3O. The molecule has 25 heavy (non-hydrogen) atoms. The molecule has 4 nitrogen and oxygen atoms in total. The summed E-state index contributed by atoms with van der Waals surface area (Å²) in [5, 5.41) is 2.94. The van der Waals surface area contributed by atoms with Crippen molar-refractivity contribution in [3.63, 3.8) is 0 Å². The van der Waals surface area contributed by atoms with Gasteiger partial charge in [0.25, 0.3) is 0 Å². The Hall–Kier alpha value is -2.95. The zero-order valence-corrected chi connectivity index (χ0v) is 14.2. The van der Waals surface area contributed by atoms with E-state index >= 15 is 0 Å². The number of nitrogens with one attached hydrogen (secondary N) is 2. The zero-order chi connectivity index (χ0) is 17.8. The van der Waals surface area contributed by atoms with E-state index in [0.717, 1.165) is 11.0 Å². The van der Waals surface area contributed by atoms with E-state index in [0.29, 0.717) is 11.4 Å². The van der Waals surface area contributed by atoms with Gasteiger partial charge >= 0.3 is 0 Å². The van der Waals surface area contributed by atoms with E-state index in [-0.39, 0.29) is 23.7 Å². The van der Waals surface area contributed by atoms with Crippen molar-refractivity contribution in [1.82, 2.24) is 15.3 Å². The van der Waals surface area contributed by atoms with Crippen LogP contribution in [0, 0.1) is 11.7 Å². The van der Waals surface area contributed by atoms with Crippen LogP contribution in [0.15, 0.2) is 54.6 Å². The molecule has 1 heterocycles. The molecule has 0 radical (unpaired) electrons. The summed E-state index contributed by atoms with van der Waals surface area (Å²) in [6.45, 7) is 4.03. The summed E-state index contributed by atoms with van der Waals surface area (Å²) in [6.07, 6.45) is 2.82. The van der Waals surface area contributed by atoms with E-state index < -0.39 is 0 Å². The van der Waals surface area contributed by atoms with Crippen molar-refractivity contribution < 1.29 is 9.18 Å². The SMILES string of the molecule is CC(C)C(NC(=O)/C=C/c1ccccc1F)c1nc2ccccc2[nH]1. The third-order valence-electron chi connectivity index (χ3n) is 3.99. The highest BCUT2D eigenvalue weighted by molar-refractivity contribution is 5.92. The zero-order valence-electron chi connectivity index (χ0n) is 14.2. The van der Waals surface area contributed by atoms with Crippen molar-refractivity contribution in [2.45, 2.75) is 19.9 Å². The maximum absolute atomic E-state index is 13.6. The fourth-order valence-corrected chi connectivity index (χ4v) is 2.65. The second kappa shape index (κ2) is 7.30. The highest BCUT2D eigenvalue weighted by Gasteiger charge is 2.20. The summed E-state index contributed by atoms with van der Waals surface area (Å²) in [4.78, 5) is 20.1. The Morgan fingerprint density at radius 3 is 2.60 bits per heavy atom. The Kier molecular flexibility index (Phi) is 4.93. The number of hydrogen-bond acceptors (Lipinski definition) is 2. The topological polar surface area (TPSA) is 57.8 Å². The van der Waals surface area contributed by atoms with Crippen LogP contribution in [0.3, 0.4) is 0 Å². The van der Waals surface area contributed by atoms with Crippen molar-refractivity contribution in [1.29, 1.82) is 0 Å². The van der Waals surface area contributed by atoms with Gasteiger partial charge in [-0.2, -0.15) is 0 Å². The number of aromatic nitrogens is 2. The van der Waals surface area contributed by atoms with Crippen LogP contribution in [-0.4, -0.2) is 15.9 Å². The van der Waals surface area contributed by atoms with Gasteiger partial charge in [-0.05, 0) is 30.2 Å². The average Bonchev–Trinajstić information content (AvgIpc) is 3.02. The van der Waals surface area contributed by atoms with Gasteiger partial charge in [-0.3, -0.25) is 4.79 Å². The maximum atomic E-state index is 13.6. The molecule has 0 aliphatic rings. The lowest BCUT2D eigenvalue weighted by atomic mass is 10.0. The van der Waals surface area contributed by atoms with Gasteiger partial charge < -0.3 is 10.3 Å². The normalized spacial score (nSPS) is 12.8. The van der Waals surface area contributed by atoms with Crippen LogP contribution in [-0.2, 0) is 4.79 Å². The van der Waals surface area contributed by atoms with Crippen LogP contribution in [0.4, 0.5) is 4.39 Å². The number of para-hydroxylation sites is 2. The molecule has 0 saturated carbocycles. The number of carbonyl (C=O) groups is 1. The van der Waals surface area contributed by atoms with Gasteiger partial charge in [0.15, 0.2) is 0 Å². The van der Waals surface area contributed by atoms with Gasteiger partial charge in [0, 0.05) is 11.6 Å². The smallest absolute Gasteiger partial charge is 0.244 e.